The number of halogens is 3. The van der Waals surface area contributed by atoms with E-state index in [0.29, 0.717) is 35.5 Å². The fourth-order valence-corrected chi connectivity index (χ4v) is 14.9. The summed E-state index contributed by atoms with van der Waals surface area (Å²) < 4.78 is -0.130. The molecule has 5 heteroatoms. The standard InChI is InChI=1S/C42H57Si.3ClH.Ti/c1-26(2)33-17-34(27(3)4)21-40(20-33)43(39-15-14-32(13)16-39,41-22-35(28(5)6)18-36(23-41)29(7)8)42-24-37(30(9)10)19-38(25-42)31(11)12;;;;/h14-31H,1-13H3;3*1H;/q;;;;+3/p-3. The third kappa shape index (κ3) is 8.82. The maximum absolute atomic E-state index is 2.78. The first-order valence-corrected chi connectivity index (χ1v) is 19.9. The van der Waals surface area contributed by atoms with Crippen LogP contribution in [0.2, 0.25) is 3.34 Å². The van der Waals surface area contributed by atoms with Crippen LogP contribution in [0.25, 0.3) is 0 Å². The predicted molar refractivity (Wildman–Crippen MR) is 194 cm³/mol. The molecule has 0 spiro atoms. The van der Waals surface area contributed by atoms with Gasteiger partial charge in [0.25, 0.3) is 0 Å². The summed E-state index contributed by atoms with van der Waals surface area (Å²) in [7, 11) is -2.78. The second-order valence-corrected chi connectivity index (χ2v) is 21.6. The molecule has 0 aliphatic heterocycles. The number of rotatable bonds is 10. The van der Waals surface area contributed by atoms with Crippen LogP contribution < -0.4 is 52.8 Å². The van der Waals surface area contributed by atoms with Crippen LogP contribution in [0.15, 0.2) is 78.4 Å². The van der Waals surface area contributed by atoms with E-state index in [1.807, 2.05) is 0 Å². The molecule has 0 radical (unpaired) electrons. The number of benzene rings is 3. The van der Waals surface area contributed by atoms with Crippen molar-refractivity contribution in [3.8, 4) is 0 Å². The quantitative estimate of drug-likeness (QED) is 0.219. The van der Waals surface area contributed by atoms with Crippen LogP contribution in [-0.2, 0) is 20.4 Å². The van der Waals surface area contributed by atoms with Gasteiger partial charge in [-0.25, -0.2) is 0 Å². The maximum Gasteiger partial charge on any atom is -1.00 e. The molecule has 0 nitrogen and oxygen atoms in total. The third-order valence-corrected chi connectivity index (χ3v) is 17.2. The fourth-order valence-electron chi connectivity index (χ4n) is 6.85. The number of allylic oxidation sites excluding steroid dienone is 4. The van der Waals surface area contributed by atoms with Gasteiger partial charge in [-0.15, -0.1) is 0 Å². The molecular weight excluding hydrogens is 687 g/mol. The molecule has 0 amide bonds. The summed E-state index contributed by atoms with van der Waals surface area (Å²) in [6.07, 6.45) is 7.58. The van der Waals surface area contributed by atoms with E-state index in [1.54, 1.807) is 15.6 Å². The summed E-state index contributed by atoms with van der Waals surface area (Å²) in [4.78, 5) is 0. The molecule has 254 valence electrons. The Hall–Kier alpha value is -1.06. The second-order valence-electron chi connectivity index (χ2n) is 15.4. The van der Waals surface area contributed by atoms with E-state index in [-0.39, 0.29) is 40.6 Å². The van der Waals surface area contributed by atoms with Crippen molar-refractivity contribution in [2.75, 3.05) is 0 Å². The first kappa shape index (κ1) is 44.0. The molecule has 0 N–H and O–H groups in total. The monoisotopic (exact) mass is 742 g/mol. The van der Waals surface area contributed by atoms with Crippen LogP contribution in [0.5, 0.6) is 0 Å². The van der Waals surface area contributed by atoms with Gasteiger partial charge in [-0.2, -0.15) is 0 Å². The molecule has 1 atom stereocenters. The van der Waals surface area contributed by atoms with Gasteiger partial charge in [-0.1, -0.05) is 0 Å². The fraction of sp³-hybridized carbons (Fsp3) is 0.476. The van der Waals surface area contributed by atoms with Crippen molar-refractivity contribution in [3.63, 3.8) is 0 Å². The van der Waals surface area contributed by atoms with Crippen LogP contribution in [0.3, 0.4) is 0 Å². The molecule has 0 saturated heterocycles. The van der Waals surface area contributed by atoms with E-state index in [2.05, 4.69) is 183 Å². The largest absolute Gasteiger partial charge is 1.00 e. The molecule has 3 aromatic carbocycles. The van der Waals surface area contributed by atoms with Crippen LogP contribution in [0, 0.1) is 0 Å². The number of hydrogen-bond acceptors (Lipinski definition) is 0. The van der Waals surface area contributed by atoms with Gasteiger partial charge in [0, 0.05) is 0 Å². The van der Waals surface area contributed by atoms with Crippen molar-refractivity contribution in [3.05, 3.63) is 112 Å². The molecule has 0 fully saturated rings. The van der Waals surface area contributed by atoms with E-state index in [9.17, 15) is 0 Å². The summed E-state index contributed by atoms with van der Waals surface area (Å²) in [5.74, 6) is 2.78. The van der Waals surface area contributed by atoms with Crippen LogP contribution in [0.1, 0.15) is 159 Å². The maximum atomic E-state index is 2.62. The summed E-state index contributed by atoms with van der Waals surface area (Å²) in [6, 6.07) is 23.2. The SMILES string of the molecule is CC1=C[C]([Ti+3])([Si](c2cc(C(C)C)cc(C(C)C)c2)(c2cc(C(C)C)cc(C(C)C)c2)c2cc(C(C)C)cc(C(C)C)c2)C=C1.[Cl-].[Cl-].[Cl-]. The van der Waals surface area contributed by atoms with Crippen LogP contribution in [-0.4, -0.2) is 8.07 Å². The van der Waals surface area contributed by atoms with Crippen LogP contribution in [0.4, 0.5) is 0 Å². The summed E-state index contributed by atoms with van der Waals surface area (Å²) in [5.41, 5.74) is 10.1. The Labute approximate surface area is 319 Å². The molecule has 1 aliphatic carbocycles. The molecule has 4 rings (SSSR count). The minimum atomic E-state index is -2.78. The molecule has 1 aliphatic rings. The van der Waals surface area contributed by atoms with Crippen molar-refractivity contribution in [1.29, 1.82) is 0 Å². The minimum absolute atomic E-state index is 0. The van der Waals surface area contributed by atoms with Crippen LogP contribution >= 0.6 is 0 Å². The van der Waals surface area contributed by atoms with Crippen molar-refractivity contribution >= 4 is 23.6 Å². The second kappa shape index (κ2) is 17.2. The van der Waals surface area contributed by atoms with E-state index < -0.39 is 8.07 Å². The summed E-state index contributed by atoms with van der Waals surface area (Å²) >= 11 is 2.55. The zero-order valence-electron chi connectivity index (χ0n) is 31.0. The molecule has 47 heavy (non-hydrogen) atoms. The number of hydrogen-bond donors (Lipinski definition) is 0. The van der Waals surface area contributed by atoms with Gasteiger partial charge in [0.15, 0.2) is 0 Å². The van der Waals surface area contributed by atoms with Crippen molar-refractivity contribution < 1.29 is 57.7 Å². The van der Waals surface area contributed by atoms with Crippen molar-refractivity contribution in [2.45, 2.75) is 129 Å². The Morgan fingerprint density at radius 1 is 0.447 bits per heavy atom. The van der Waals surface area contributed by atoms with E-state index in [4.69, 9.17) is 0 Å². The Balaban J connectivity index is 0.00000368. The Kier molecular flexibility index (Phi) is 16.1. The van der Waals surface area contributed by atoms with Gasteiger partial charge in [0.1, 0.15) is 0 Å². The average molecular weight is 744 g/mol. The minimum Gasteiger partial charge on any atom is -1.00 e. The molecule has 0 heterocycles. The van der Waals surface area contributed by atoms with Crippen molar-refractivity contribution in [2.24, 2.45) is 0 Å². The molecule has 3 aromatic rings. The summed E-state index contributed by atoms with van der Waals surface area (Å²) in [5, 5.41) is 4.66. The third-order valence-electron chi connectivity index (χ3n) is 9.92. The van der Waals surface area contributed by atoms with Gasteiger partial charge in [0.05, 0.1) is 0 Å². The van der Waals surface area contributed by atoms with E-state index >= 15 is 0 Å². The Bertz CT molecular complexity index is 1330. The topological polar surface area (TPSA) is 0 Å². The Morgan fingerprint density at radius 3 is 0.851 bits per heavy atom. The van der Waals surface area contributed by atoms with Gasteiger partial charge in [0.2, 0.25) is 0 Å². The van der Waals surface area contributed by atoms with Gasteiger partial charge >= 0.3 is 285 Å². The van der Waals surface area contributed by atoms with E-state index in [1.165, 1.54) is 39.0 Å². The molecule has 0 saturated carbocycles. The average Bonchev–Trinajstić information content (AvgIpc) is 3.31. The molecular formula is C42H57Cl3SiTi. The molecule has 0 aromatic heterocycles. The zero-order chi connectivity index (χ0) is 32.7. The normalized spacial score (nSPS) is 16.2. The van der Waals surface area contributed by atoms with Gasteiger partial charge in [-0.05, 0) is 0 Å². The first-order valence-electron chi connectivity index (χ1n) is 17.1. The van der Waals surface area contributed by atoms with Gasteiger partial charge in [-0.3, -0.25) is 0 Å². The van der Waals surface area contributed by atoms with Crippen molar-refractivity contribution in [1.82, 2.24) is 0 Å². The molecule has 1 unspecified atom stereocenters. The Morgan fingerprint density at radius 2 is 0.681 bits per heavy atom. The smallest absolute Gasteiger partial charge is 1.00 e. The zero-order valence-corrected chi connectivity index (χ0v) is 35.9. The van der Waals surface area contributed by atoms with E-state index in [0.717, 1.165) is 0 Å². The first-order chi connectivity index (χ1) is 20.5. The van der Waals surface area contributed by atoms with Gasteiger partial charge < -0.3 is 37.2 Å². The predicted octanol–water partition coefficient (Wildman–Crippen LogP) is 1.67. The molecule has 0 bridgehead atoms. The summed E-state index contributed by atoms with van der Waals surface area (Å²) in [6.45, 7) is 30.6.